The van der Waals surface area contributed by atoms with Gasteiger partial charge in [0.05, 0.1) is 6.10 Å². The number of benzene rings is 1. The lowest BCUT2D eigenvalue weighted by Gasteiger charge is -2.62. The Balaban J connectivity index is 0.000000225. The first-order chi connectivity index (χ1) is 35.5. The van der Waals surface area contributed by atoms with Crippen LogP contribution in [0.15, 0.2) is 69.9 Å². The molecule has 0 amide bonds. The predicted octanol–water partition coefficient (Wildman–Crippen LogP) is 17.2. The lowest BCUT2D eigenvalue weighted by Crippen LogP contribution is -2.55. The highest BCUT2D eigenvalue weighted by molar-refractivity contribution is 6.75. The summed E-state index contributed by atoms with van der Waals surface area (Å²) >= 11 is 0. The fourth-order valence-corrected chi connectivity index (χ4v) is 20.2. The van der Waals surface area contributed by atoms with E-state index in [2.05, 4.69) is 123 Å². The number of allylic oxidation sites excluding steroid dienone is 8. The Hall–Kier alpha value is -2.79. The monoisotopic (exact) mass is 1040 g/mol. The number of hydrogen-bond acceptors (Lipinski definition) is 5. The normalized spacial score (nSPS) is 38.3. The molecule has 8 aliphatic carbocycles. The number of carbonyl (C=O) groups excluding carboxylic acids is 2. The van der Waals surface area contributed by atoms with E-state index in [0.29, 0.717) is 39.1 Å². The van der Waals surface area contributed by atoms with E-state index in [1.807, 2.05) is 11.1 Å². The van der Waals surface area contributed by atoms with E-state index < -0.39 is 11.9 Å². The largest absolute Gasteiger partial charge is 0.458 e. The number of carbonyl (C=O) groups is 2. The minimum atomic E-state index is -0.440. The molecule has 1 aromatic carbocycles. The summed E-state index contributed by atoms with van der Waals surface area (Å²) < 4.78 is 11.6. The van der Waals surface area contributed by atoms with Gasteiger partial charge in [-0.25, -0.2) is 4.79 Å². The molecule has 0 bridgehead atoms. The first-order valence-electron chi connectivity index (χ1n) is 30.4. The topological polar surface area (TPSA) is 72.8 Å². The molecular weight excluding hydrogens is 930 g/mol. The third-order valence-electron chi connectivity index (χ3n) is 24.9. The van der Waals surface area contributed by atoms with Gasteiger partial charge in [0.1, 0.15) is 17.4 Å². The maximum atomic E-state index is 13.4. The van der Waals surface area contributed by atoms with Gasteiger partial charge in [0, 0.05) is 12.3 Å². The van der Waals surface area contributed by atoms with E-state index in [4.69, 9.17) is 17.2 Å². The van der Waals surface area contributed by atoms with Crippen molar-refractivity contribution >= 4 is 27.4 Å². The first-order valence-corrected chi connectivity index (χ1v) is 30.4. The van der Waals surface area contributed by atoms with Gasteiger partial charge in [-0.05, 0) is 242 Å². The van der Waals surface area contributed by atoms with Crippen molar-refractivity contribution in [2.75, 3.05) is 0 Å². The number of rotatable bonds is 11. The first kappa shape index (κ1) is 60.8. The zero-order valence-electron chi connectivity index (χ0n) is 50.9. The maximum absolute atomic E-state index is 13.4. The molecule has 0 saturated heterocycles. The predicted molar refractivity (Wildman–Crippen MR) is 322 cm³/mol. The van der Waals surface area contributed by atoms with Crippen LogP contribution < -0.4 is 4.74 Å². The number of aliphatic hydroxyl groups is 1. The van der Waals surface area contributed by atoms with E-state index in [1.54, 1.807) is 35.4 Å². The highest BCUT2D eigenvalue weighted by atomic mass is 16.6. The third kappa shape index (κ3) is 10.3. The summed E-state index contributed by atoms with van der Waals surface area (Å²) in [6, 6.07) is 6.91. The van der Waals surface area contributed by atoms with Gasteiger partial charge in [-0.3, -0.25) is 4.79 Å². The SMILES string of the molecule is CC(=O)Oc1ccccc1C(=O)O[C@H]1CC[C@]2(C)C3=C(CCC2C1(C)C)[C@]1(C)CC[C@H]([C@H](C)CCC=C(C)C)[C@@]1(C)CC3.CC(C)=CCC[C@@H](C)[C@H]1CC[C@@]2(C)C3=C(CC[C@]12C)[C@@]1(C)CC[C@H](O)C(C)(C)C1CC3.[B][BH3-]. The van der Waals surface area contributed by atoms with Crippen LogP contribution in [0.5, 0.6) is 5.75 Å². The van der Waals surface area contributed by atoms with Crippen molar-refractivity contribution in [3.8, 4) is 5.75 Å². The Morgan fingerprint density at radius 3 is 1.51 bits per heavy atom. The average Bonchev–Trinajstić information content (AvgIpc) is 3.80. The Labute approximate surface area is 467 Å². The van der Waals surface area contributed by atoms with Gasteiger partial charge < -0.3 is 14.6 Å². The summed E-state index contributed by atoms with van der Waals surface area (Å²) in [7, 11) is 5.00. The van der Waals surface area contributed by atoms with Gasteiger partial charge in [-0.2, -0.15) is 7.74 Å². The molecule has 0 aliphatic heterocycles. The van der Waals surface area contributed by atoms with Crippen LogP contribution in [0, 0.1) is 78.8 Å². The molecular formula is C69H109B2O5-. The van der Waals surface area contributed by atoms with E-state index in [0.717, 1.165) is 49.4 Å². The van der Waals surface area contributed by atoms with Crippen LogP contribution in [-0.4, -0.2) is 44.7 Å². The second-order valence-corrected chi connectivity index (χ2v) is 29.6. The lowest BCUT2D eigenvalue weighted by molar-refractivity contribution is -0.131. The molecule has 1 aromatic rings. The summed E-state index contributed by atoms with van der Waals surface area (Å²) in [5.41, 5.74) is 12.4. The van der Waals surface area contributed by atoms with Crippen LogP contribution >= 0.6 is 0 Å². The van der Waals surface area contributed by atoms with Crippen LogP contribution in [0.2, 0.25) is 0 Å². The van der Waals surface area contributed by atoms with Crippen molar-refractivity contribution in [3.05, 3.63) is 75.4 Å². The number of ether oxygens (including phenoxy) is 2. The molecule has 76 heavy (non-hydrogen) atoms. The second kappa shape index (κ2) is 22.6. The smallest absolute Gasteiger partial charge is 0.342 e. The van der Waals surface area contributed by atoms with E-state index in [9.17, 15) is 14.7 Å². The van der Waals surface area contributed by atoms with E-state index in [-0.39, 0.29) is 47.4 Å². The zero-order chi connectivity index (χ0) is 56.2. The number of para-hydroxylation sites is 1. The molecule has 8 aliphatic rings. The van der Waals surface area contributed by atoms with Crippen LogP contribution in [0.4, 0.5) is 0 Å². The molecule has 1 N–H and O–H groups in total. The van der Waals surface area contributed by atoms with Crippen LogP contribution in [0.1, 0.15) is 256 Å². The van der Waals surface area contributed by atoms with Gasteiger partial charge >= 0.3 is 11.9 Å². The van der Waals surface area contributed by atoms with Gasteiger partial charge in [0.2, 0.25) is 0 Å². The summed E-state index contributed by atoms with van der Waals surface area (Å²) in [4.78, 5) is 25.1. The molecule has 0 heterocycles. The molecule has 5 nitrogen and oxygen atoms in total. The van der Waals surface area contributed by atoms with E-state index in [1.165, 1.54) is 121 Å². The summed E-state index contributed by atoms with van der Waals surface area (Å²) in [5.74, 6) is 3.77. The molecule has 14 atom stereocenters. The zero-order valence-corrected chi connectivity index (χ0v) is 50.9. The van der Waals surface area contributed by atoms with Crippen LogP contribution in [0.25, 0.3) is 0 Å². The Morgan fingerprint density at radius 2 is 1.05 bits per heavy atom. The van der Waals surface area contributed by atoms with E-state index >= 15 is 0 Å². The second-order valence-electron chi connectivity index (χ2n) is 29.6. The van der Waals surface area contributed by atoms with Crippen molar-refractivity contribution in [2.24, 2.45) is 78.8 Å². The Bertz CT molecular complexity index is 2420. The minimum absolute atomic E-state index is 0.0465. The van der Waals surface area contributed by atoms with Crippen LogP contribution in [0.3, 0.4) is 0 Å². The molecule has 0 aromatic heterocycles. The molecule has 9 rings (SSSR count). The summed E-state index contributed by atoms with van der Waals surface area (Å²) in [6.45, 7) is 40.4. The fraction of sp³-hybridized carbons (Fsp3) is 0.768. The highest BCUT2D eigenvalue weighted by Gasteiger charge is 2.65. The van der Waals surface area contributed by atoms with Crippen molar-refractivity contribution in [1.82, 2.24) is 0 Å². The quantitative estimate of drug-likeness (QED) is 0.103. The molecule has 7 heteroatoms. The number of hydrogen-bond donors (Lipinski definition) is 1. The van der Waals surface area contributed by atoms with Gasteiger partial charge in [0.15, 0.2) is 0 Å². The van der Waals surface area contributed by atoms with Crippen LogP contribution in [-0.2, 0) is 9.53 Å². The number of aliphatic hydroxyl groups excluding tert-OH is 1. The number of esters is 2. The van der Waals surface area contributed by atoms with Gasteiger partial charge in [-0.15, -0.1) is 0 Å². The maximum Gasteiger partial charge on any atom is 0.342 e. The number of fused-ring (bicyclic) bond motifs is 8. The van der Waals surface area contributed by atoms with Gasteiger partial charge in [0.25, 0.3) is 0 Å². The summed E-state index contributed by atoms with van der Waals surface area (Å²) in [6.07, 6.45) is 29.4. The fourth-order valence-electron chi connectivity index (χ4n) is 20.2. The van der Waals surface area contributed by atoms with Crippen molar-refractivity contribution in [1.29, 1.82) is 0 Å². The van der Waals surface area contributed by atoms with Crippen molar-refractivity contribution < 1.29 is 24.2 Å². The Morgan fingerprint density at radius 1 is 0.605 bits per heavy atom. The molecule has 2 radical (unpaired) electrons. The molecule has 422 valence electrons. The molecule has 4 fully saturated rings. The average molecular weight is 1040 g/mol. The third-order valence-corrected chi connectivity index (χ3v) is 24.9. The van der Waals surface area contributed by atoms with Crippen molar-refractivity contribution in [2.45, 2.75) is 258 Å². The standard InChI is InChI=1S/C39H56O4.C30H50O.B2H3/c1-25(2)13-12-14-26(3)29-19-23-39(9)31-17-18-33-36(5,6)34(21-22-37(33,7)30(31)20-24-38(29,39)8)43-35(41)28-15-10-11-16-32(28)42-27(4)40;1-20(2)10-9-11-21(3)22-14-18-30(8)24-12-13-25-27(4,5)26(31)16-17-28(25,6)23(24)15-19-29(22,30)7;1-2/h10-11,13,15-16,26,29,33-34H,12,14,17-24H2,1-9H3;10,21-22,25-26,31H,9,11-19H2,1-8H3;1H3/q;;-1/t26-,29-,33?,34+,37-,38-,39+;21-,22-,25?,26+,28-,29-,30+;/m11./s1. The summed E-state index contributed by atoms with van der Waals surface area (Å²) in [5, 5.41) is 10.8. The van der Waals surface area contributed by atoms with Gasteiger partial charge in [-0.1, -0.05) is 149 Å². The minimum Gasteiger partial charge on any atom is -0.458 e. The molecule has 4 saturated carbocycles. The highest BCUT2D eigenvalue weighted by Crippen LogP contribution is 2.74. The molecule has 0 spiro atoms. The molecule has 2 unspecified atom stereocenters. The van der Waals surface area contributed by atoms with Crippen molar-refractivity contribution in [3.63, 3.8) is 0 Å². The Kier molecular flexibility index (Phi) is 18.1. The lowest BCUT2D eigenvalue weighted by atomic mass is 9.43.